The second-order valence-corrected chi connectivity index (χ2v) is 7.31. The van der Waals surface area contributed by atoms with Crippen LogP contribution in [0.1, 0.15) is 19.8 Å². The van der Waals surface area contributed by atoms with Crippen LogP contribution in [0, 0.1) is 0 Å². The van der Waals surface area contributed by atoms with Gasteiger partial charge in [0.05, 0.1) is 0 Å². The van der Waals surface area contributed by atoms with Gasteiger partial charge in [0.2, 0.25) is 0 Å². The van der Waals surface area contributed by atoms with Crippen LogP contribution in [0.15, 0.2) is 36.4 Å². The fourth-order valence-corrected chi connectivity index (χ4v) is 3.77. The highest BCUT2D eigenvalue weighted by Gasteiger charge is 2.29. The highest BCUT2D eigenvalue weighted by atomic mass is 32.2. The Bertz CT molecular complexity index is 609. The summed E-state index contributed by atoms with van der Waals surface area (Å²) >= 11 is 2.03. The van der Waals surface area contributed by atoms with Gasteiger partial charge in [0, 0.05) is 22.9 Å². The Morgan fingerprint density at radius 1 is 1.29 bits per heavy atom. The summed E-state index contributed by atoms with van der Waals surface area (Å²) in [7, 11) is 0. The molecule has 1 aliphatic heterocycles. The van der Waals surface area contributed by atoms with E-state index in [1.54, 1.807) is 6.07 Å². The molecule has 0 amide bonds. The van der Waals surface area contributed by atoms with Gasteiger partial charge in [0.15, 0.2) is 5.82 Å². The number of nitrogen functional groups attached to an aromatic ring is 1. The molecule has 0 spiro atoms. The van der Waals surface area contributed by atoms with E-state index in [0.717, 1.165) is 17.9 Å². The molecule has 21 heavy (non-hydrogen) atoms. The Kier molecular flexibility index (Phi) is 4.01. The van der Waals surface area contributed by atoms with Gasteiger partial charge < -0.3 is 11.1 Å². The Hall–Kier alpha value is -1.75. The molecule has 1 unspecified atom stereocenters. The Morgan fingerprint density at radius 2 is 2.10 bits per heavy atom. The van der Waals surface area contributed by atoms with Crippen molar-refractivity contribution in [1.82, 2.24) is 9.97 Å². The quantitative estimate of drug-likeness (QED) is 0.905. The molecule has 0 bridgehead atoms. The van der Waals surface area contributed by atoms with Gasteiger partial charge in [-0.1, -0.05) is 30.3 Å². The lowest BCUT2D eigenvalue weighted by Gasteiger charge is -2.23. The Labute approximate surface area is 129 Å². The maximum absolute atomic E-state index is 5.92. The first-order valence-electron chi connectivity index (χ1n) is 7.22. The topological polar surface area (TPSA) is 63.8 Å². The number of benzene rings is 1. The predicted molar refractivity (Wildman–Crippen MR) is 90.5 cm³/mol. The molecule has 1 fully saturated rings. The summed E-state index contributed by atoms with van der Waals surface area (Å²) in [5, 5.41) is 3.43. The molecule has 1 aliphatic rings. The SMILES string of the molecule is CC1(CNc2cc(N)nc(-c3ccccc3)n2)CCCS1. The van der Waals surface area contributed by atoms with Crippen molar-refractivity contribution in [2.45, 2.75) is 24.5 Å². The van der Waals surface area contributed by atoms with Crippen LogP contribution in [-0.4, -0.2) is 27.0 Å². The van der Waals surface area contributed by atoms with E-state index in [2.05, 4.69) is 22.2 Å². The number of thioether (sulfide) groups is 1. The first kappa shape index (κ1) is 14.2. The third kappa shape index (κ3) is 3.47. The van der Waals surface area contributed by atoms with Crippen molar-refractivity contribution < 1.29 is 0 Å². The van der Waals surface area contributed by atoms with E-state index in [9.17, 15) is 0 Å². The van der Waals surface area contributed by atoms with Crippen molar-refractivity contribution in [2.75, 3.05) is 23.3 Å². The van der Waals surface area contributed by atoms with Gasteiger partial charge in [0.1, 0.15) is 11.6 Å². The van der Waals surface area contributed by atoms with Crippen molar-refractivity contribution in [3.8, 4) is 11.4 Å². The van der Waals surface area contributed by atoms with Crippen LogP contribution in [0.4, 0.5) is 11.6 Å². The van der Waals surface area contributed by atoms with Gasteiger partial charge in [-0.05, 0) is 25.5 Å². The summed E-state index contributed by atoms with van der Waals surface area (Å²) < 4.78 is 0.298. The van der Waals surface area contributed by atoms with E-state index in [1.165, 1.54) is 18.6 Å². The van der Waals surface area contributed by atoms with E-state index in [1.807, 2.05) is 42.1 Å². The zero-order chi connectivity index (χ0) is 14.7. The van der Waals surface area contributed by atoms with Gasteiger partial charge >= 0.3 is 0 Å². The lowest BCUT2D eigenvalue weighted by atomic mass is 10.1. The number of nitrogens with zero attached hydrogens (tertiary/aromatic N) is 2. The molecule has 3 N–H and O–H groups in total. The number of nitrogens with two attached hydrogens (primary N) is 1. The normalized spacial score (nSPS) is 21.4. The average Bonchev–Trinajstić information content (AvgIpc) is 2.93. The lowest BCUT2D eigenvalue weighted by Crippen LogP contribution is -2.27. The van der Waals surface area contributed by atoms with Gasteiger partial charge in [-0.3, -0.25) is 0 Å². The molecule has 1 aromatic carbocycles. The molecule has 0 saturated carbocycles. The molecule has 2 heterocycles. The minimum atomic E-state index is 0.298. The summed E-state index contributed by atoms with van der Waals surface area (Å²) in [6.45, 7) is 3.21. The highest BCUT2D eigenvalue weighted by molar-refractivity contribution is 8.00. The monoisotopic (exact) mass is 300 g/mol. The molecule has 110 valence electrons. The van der Waals surface area contributed by atoms with Crippen molar-refractivity contribution in [3.63, 3.8) is 0 Å². The van der Waals surface area contributed by atoms with Gasteiger partial charge in [0.25, 0.3) is 0 Å². The largest absolute Gasteiger partial charge is 0.384 e. The average molecular weight is 300 g/mol. The maximum Gasteiger partial charge on any atom is 0.163 e. The third-order valence-electron chi connectivity index (χ3n) is 3.72. The van der Waals surface area contributed by atoms with Gasteiger partial charge in [-0.25, -0.2) is 9.97 Å². The molecule has 0 radical (unpaired) electrons. The molecule has 1 atom stereocenters. The lowest BCUT2D eigenvalue weighted by molar-refractivity contribution is 0.633. The first-order chi connectivity index (χ1) is 10.1. The van der Waals surface area contributed by atoms with Crippen LogP contribution in [0.3, 0.4) is 0 Å². The van der Waals surface area contributed by atoms with Gasteiger partial charge in [-0.15, -0.1) is 0 Å². The fourth-order valence-electron chi connectivity index (χ4n) is 2.53. The molecule has 4 nitrogen and oxygen atoms in total. The summed E-state index contributed by atoms with van der Waals surface area (Å²) in [5.74, 6) is 3.22. The maximum atomic E-state index is 5.92. The number of aromatic nitrogens is 2. The molecule has 2 aromatic rings. The van der Waals surface area contributed by atoms with Crippen LogP contribution in [0.2, 0.25) is 0 Å². The summed E-state index contributed by atoms with van der Waals surface area (Å²) in [6.07, 6.45) is 2.54. The fraction of sp³-hybridized carbons (Fsp3) is 0.375. The van der Waals surface area contributed by atoms with Crippen molar-refractivity contribution in [1.29, 1.82) is 0 Å². The zero-order valence-electron chi connectivity index (χ0n) is 12.2. The molecule has 5 heteroatoms. The number of hydrogen-bond acceptors (Lipinski definition) is 5. The van der Waals surface area contributed by atoms with E-state index >= 15 is 0 Å². The van der Waals surface area contributed by atoms with E-state index in [4.69, 9.17) is 5.73 Å². The number of rotatable bonds is 4. The van der Waals surface area contributed by atoms with Crippen LogP contribution in [-0.2, 0) is 0 Å². The summed E-state index contributed by atoms with van der Waals surface area (Å²) in [4.78, 5) is 8.91. The number of nitrogens with one attached hydrogen (secondary N) is 1. The second-order valence-electron chi connectivity index (χ2n) is 5.62. The smallest absolute Gasteiger partial charge is 0.163 e. The number of hydrogen-bond donors (Lipinski definition) is 2. The second kappa shape index (κ2) is 5.93. The standard InChI is InChI=1S/C16H20N4S/c1-16(8-5-9-21-16)11-18-14-10-13(17)19-15(20-14)12-6-3-2-4-7-12/h2-4,6-7,10H,5,8-9,11H2,1H3,(H3,17,18,19,20). The summed E-state index contributed by atoms with van der Waals surface area (Å²) in [6, 6.07) is 11.7. The van der Waals surface area contributed by atoms with Crippen LogP contribution >= 0.6 is 11.8 Å². The number of anilines is 2. The van der Waals surface area contributed by atoms with E-state index in [0.29, 0.717) is 16.4 Å². The van der Waals surface area contributed by atoms with Crippen molar-refractivity contribution >= 4 is 23.4 Å². The van der Waals surface area contributed by atoms with Crippen LogP contribution in [0.25, 0.3) is 11.4 Å². The molecular formula is C16H20N4S. The molecule has 0 aliphatic carbocycles. The Balaban J connectivity index is 1.78. The third-order valence-corrected chi connectivity index (χ3v) is 5.26. The predicted octanol–water partition coefficient (Wildman–Crippen LogP) is 3.42. The van der Waals surface area contributed by atoms with Gasteiger partial charge in [-0.2, -0.15) is 11.8 Å². The molecule has 1 aromatic heterocycles. The molecule has 3 rings (SSSR count). The minimum Gasteiger partial charge on any atom is -0.384 e. The zero-order valence-corrected chi connectivity index (χ0v) is 13.0. The highest BCUT2D eigenvalue weighted by Crippen LogP contribution is 2.37. The Morgan fingerprint density at radius 3 is 2.81 bits per heavy atom. The van der Waals surface area contributed by atoms with Crippen LogP contribution < -0.4 is 11.1 Å². The molecule has 1 saturated heterocycles. The summed E-state index contributed by atoms with van der Waals surface area (Å²) in [5.41, 5.74) is 6.90. The van der Waals surface area contributed by atoms with E-state index in [-0.39, 0.29) is 0 Å². The molecular weight excluding hydrogens is 280 g/mol. The minimum absolute atomic E-state index is 0.298. The van der Waals surface area contributed by atoms with Crippen LogP contribution in [0.5, 0.6) is 0 Å². The van der Waals surface area contributed by atoms with Crippen molar-refractivity contribution in [2.24, 2.45) is 0 Å². The van der Waals surface area contributed by atoms with Crippen molar-refractivity contribution in [3.05, 3.63) is 36.4 Å². The first-order valence-corrected chi connectivity index (χ1v) is 8.21. The van der Waals surface area contributed by atoms with E-state index < -0.39 is 0 Å².